The molecule has 1 unspecified atom stereocenters. The van der Waals surface area contributed by atoms with Crippen molar-refractivity contribution >= 4 is 5.97 Å². The number of allylic oxidation sites excluding steroid dienone is 2. The first-order chi connectivity index (χ1) is 23.2. The Balaban J connectivity index is 3.90. The van der Waals surface area contributed by atoms with Crippen molar-refractivity contribution in [3.8, 4) is 0 Å². The zero-order valence-corrected chi connectivity index (χ0v) is 32.4. The number of rotatable bonds is 39. The summed E-state index contributed by atoms with van der Waals surface area (Å²) in [6.45, 7) is 10.1. The van der Waals surface area contributed by atoms with E-state index in [4.69, 9.17) is 4.74 Å². The van der Waals surface area contributed by atoms with Gasteiger partial charge >= 0.3 is 5.97 Å². The van der Waals surface area contributed by atoms with Crippen LogP contribution in [0.4, 0.5) is 0 Å². The molecule has 0 rings (SSSR count). The third kappa shape index (κ3) is 36.2. The average molecular weight is 664 g/mol. The van der Waals surface area contributed by atoms with Gasteiger partial charge in [-0.25, -0.2) is 0 Å². The van der Waals surface area contributed by atoms with Gasteiger partial charge in [-0.2, -0.15) is 0 Å². The zero-order chi connectivity index (χ0) is 34.3. The highest BCUT2D eigenvalue weighted by Gasteiger charge is 2.14. The summed E-state index contributed by atoms with van der Waals surface area (Å²) >= 11 is 0. The van der Waals surface area contributed by atoms with Crippen molar-refractivity contribution in [1.82, 2.24) is 4.90 Å². The smallest absolute Gasteiger partial charge is 0.306 e. The normalized spacial score (nSPS) is 12.4. The minimum absolute atomic E-state index is 0.0315. The van der Waals surface area contributed by atoms with E-state index in [9.17, 15) is 9.90 Å². The van der Waals surface area contributed by atoms with Crippen LogP contribution in [0.25, 0.3) is 0 Å². The third-order valence-corrected chi connectivity index (χ3v) is 9.82. The van der Waals surface area contributed by atoms with Gasteiger partial charge in [0.2, 0.25) is 0 Å². The van der Waals surface area contributed by atoms with Gasteiger partial charge in [-0.05, 0) is 83.7 Å². The Kier molecular flexibility index (Phi) is 38.8. The molecule has 0 amide bonds. The predicted molar refractivity (Wildman–Crippen MR) is 207 cm³/mol. The summed E-state index contributed by atoms with van der Waals surface area (Å²) in [5, 5.41) is 9.53. The van der Waals surface area contributed by atoms with Crippen molar-refractivity contribution in [2.24, 2.45) is 0 Å². The van der Waals surface area contributed by atoms with Crippen LogP contribution >= 0.6 is 0 Å². The highest BCUT2D eigenvalue weighted by molar-refractivity contribution is 5.69. The summed E-state index contributed by atoms with van der Waals surface area (Å²) in [6, 6.07) is 0. The topological polar surface area (TPSA) is 49.8 Å². The maximum atomic E-state index is 12.6. The minimum atomic E-state index is 0.0315. The van der Waals surface area contributed by atoms with Crippen LogP contribution in [-0.2, 0) is 9.53 Å². The fourth-order valence-electron chi connectivity index (χ4n) is 6.65. The van der Waals surface area contributed by atoms with Crippen LogP contribution in [-0.4, -0.2) is 48.3 Å². The van der Waals surface area contributed by atoms with Crippen LogP contribution in [0.3, 0.4) is 0 Å². The predicted octanol–water partition coefficient (Wildman–Crippen LogP) is 13.3. The number of carbonyl (C=O) groups is 1. The second-order valence-electron chi connectivity index (χ2n) is 14.5. The van der Waals surface area contributed by atoms with Crippen molar-refractivity contribution in [3.05, 3.63) is 12.2 Å². The molecule has 0 bridgehead atoms. The van der Waals surface area contributed by atoms with Crippen molar-refractivity contribution in [3.63, 3.8) is 0 Å². The molecule has 280 valence electrons. The molecule has 0 spiro atoms. The summed E-state index contributed by atoms with van der Waals surface area (Å²) in [6.07, 6.45) is 44.8. The van der Waals surface area contributed by atoms with Crippen molar-refractivity contribution in [2.75, 3.05) is 26.2 Å². The molecular weight excluding hydrogens is 578 g/mol. The van der Waals surface area contributed by atoms with Crippen molar-refractivity contribution in [1.29, 1.82) is 0 Å². The molecule has 4 nitrogen and oxygen atoms in total. The molecule has 1 atom stereocenters. The molecule has 0 heterocycles. The molecule has 0 saturated heterocycles. The summed E-state index contributed by atoms with van der Waals surface area (Å²) < 4.78 is 6.00. The van der Waals surface area contributed by atoms with Crippen LogP contribution in [0.5, 0.6) is 0 Å². The Labute approximate surface area is 295 Å². The van der Waals surface area contributed by atoms with E-state index >= 15 is 0 Å². The van der Waals surface area contributed by atoms with Gasteiger partial charge in [0.05, 0.1) is 6.61 Å². The first-order valence-corrected chi connectivity index (χ1v) is 21.4. The quantitative estimate of drug-likeness (QED) is 0.0404. The summed E-state index contributed by atoms with van der Waals surface area (Å²) in [4.78, 5) is 15.1. The third-order valence-electron chi connectivity index (χ3n) is 9.82. The maximum absolute atomic E-state index is 12.6. The van der Waals surface area contributed by atoms with Gasteiger partial charge in [-0.3, -0.25) is 4.79 Å². The van der Waals surface area contributed by atoms with Crippen LogP contribution in [0.1, 0.15) is 226 Å². The number of esters is 1. The number of hydrogen-bond donors (Lipinski definition) is 1. The Bertz CT molecular complexity index is 637. The Morgan fingerprint density at radius 2 is 0.894 bits per heavy atom. The van der Waals surface area contributed by atoms with Crippen LogP contribution in [0.15, 0.2) is 12.2 Å². The van der Waals surface area contributed by atoms with Crippen molar-refractivity contribution in [2.45, 2.75) is 232 Å². The highest BCUT2D eigenvalue weighted by atomic mass is 16.5. The van der Waals surface area contributed by atoms with Crippen molar-refractivity contribution < 1.29 is 14.6 Å². The molecule has 0 saturated carbocycles. The van der Waals surface area contributed by atoms with Gasteiger partial charge < -0.3 is 14.7 Å². The summed E-state index contributed by atoms with van der Waals surface area (Å²) in [7, 11) is 0. The van der Waals surface area contributed by atoms with E-state index in [1.54, 1.807) is 0 Å². The Morgan fingerprint density at radius 3 is 1.34 bits per heavy atom. The van der Waals surface area contributed by atoms with E-state index in [0.29, 0.717) is 6.42 Å². The molecule has 0 aromatic heterocycles. The van der Waals surface area contributed by atoms with Crippen LogP contribution in [0, 0.1) is 0 Å². The molecule has 47 heavy (non-hydrogen) atoms. The number of ether oxygens (including phenoxy) is 1. The Morgan fingerprint density at radius 1 is 0.511 bits per heavy atom. The van der Waals surface area contributed by atoms with E-state index in [1.807, 2.05) is 0 Å². The summed E-state index contributed by atoms with van der Waals surface area (Å²) in [5.74, 6) is 0.0315. The molecular formula is C43H85NO3. The lowest BCUT2D eigenvalue weighted by Crippen LogP contribution is -2.29. The fourth-order valence-corrected chi connectivity index (χ4v) is 6.65. The van der Waals surface area contributed by atoms with E-state index in [-0.39, 0.29) is 18.7 Å². The monoisotopic (exact) mass is 664 g/mol. The van der Waals surface area contributed by atoms with Crippen LogP contribution in [0.2, 0.25) is 0 Å². The number of carbonyl (C=O) groups excluding carboxylic acids is 1. The molecule has 4 heteroatoms. The van der Waals surface area contributed by atoms with E-state index in [0.717, 1.165) is 45.3 Å². The van der Waals surface area contributed by atoms with E-state index in [2.05, 4.69) is 37.8 Å². The SMILES string of the molecule is CCCCCCC/C=C\CCCCCCCCN(CCO)CCCCCCCC(=O)OC(CCCCCCC)CCCCCCCC. The molecule has 0 aliphatic rings. The fraction of sp³-hybridized carbons (Fsp3) is 0.930. The first kappa shape index (κ1) is 46.1. The molecule has 0 fully saturated rings. The standard InChI is InChI=1S/C43H85NO3/c1-4-7-10-13-15-16-17-18-19-20-21-22-23-28-33-38-44(40-41-45)39-34-29-24-27-32-37-43(46)47-42(35-30-25-12-9-6-3)36-31-26-14-11-8-5-2/h17-18,42,45H,4-16,19-41H2,1-3H3/b18-17-. The second kappa shape index (κ2) is 39.6. The molecule has 0 aliphatic heterocycles. The second-order valence-corrected chi connectivity index (χ2v) is 14.5. The molecule has 0 aromatic carbocycles. The lowest BCUT2D eigenvalue weighted by atomic mass is 10.0. The van der Waals surface area contributed by atoms with E-state index < -0.39 is 0 Å². The Hall–Kier alpha value is -0.870. The highest BCUT2D eigenvalue weighted by Crippen LogP contribution is 2.18. The lowest BCUT2D eigenvalue weighted by molar-refractivity contribution is -0.150. The molecule has 1 N–H and O–H groups in total. The van der Waals surface area contributed by atoms with Gasteiger partial charge in [-0.15, -0.1) is 0 Å². The maximum Gasteiger partial charge on any atom is 0.306 e. The molecule has 0 aliphatic carbocycles. The minimum Gasteiger partial charge on any atom is -0.462 e. The number of aliphatic hydroxyl groups excluding tert-OH is 1. The molecule has 0 radical (unpaired) electrons. The molecule has 0 aromatic rings. The largest absolute Gasteiger partial charge is 0.462 e. The average Bonchev–Trinajstić information content (AvgIpc) is 3.07. The number of hydrogen-bond acceptors (Lipinski definition) is 4. The van der Waals surface area contributed by atoms with Gasteiger partial charge in [0.1, 0.15) is 6.10 Å². The van der Waals surface area contributed by atoms with Gasteiger partial charge in [0.15, 0.2) is 0 Å². The summed E-state index contributed by atoms with van der Waals surface area (Å²) in [5.41, 5.74) is 0. The zero-order valence-electron chi connectivity index (χ0n) is 32.4. The van der Waals surface area contributed by atoms with Gasteiger partial charge in [0, 0.05) is 13.0 Å². The number of aliphatic hydroxyl groups is 1. The number of unbranched alkanes of at least 4 members (excludes halogenated alkanes) is 24. The van der Waals surface area contributed by atoms with Gasteiger partial charge in [0.25, 0.3) is 0 Å². The number of nitrogens with zero attached hydrogens (tertiary/aromatic N) is 1. The first-order valence-electron chi connectivity index (χ1n) is 21.4. The van der Waals surface area contributed by atoms with E-state index in [1.165, 1.54) is 173 Å². The lowest BCUT2D eigenvalue weighted by Gasteiger charge is -2.21. The van der Waals surface area contributed by atoms with Gasteiger partial charge in [-0.1, -0.05) is 161 Å². The van der Waals surface area contributed by atoms with Crippen LogP contribution < -0.4 is 0 Å².